The van der Waals surface area contributed by atoms with Crippen molar-refractivity contribution in [3.05, 3.63) is 42.0 Å². The molecular formula is C12H10ClNO2. The Labute approximate surface area is 97.9 Å². The first-order chi connectivity index (χ1) is 7.77. The Kier molecular flexibility index (Phi) is 2.97. The number of nitrogens with zero attached hydrogens (tertiary/aromatic N) is 1. The standard InChI is InChI=1S/C12H10ClNO2/c1-16-11-7-6-10(12(13)14-15)8-4-2-3-5-9(8)11/h2-7,15H,1H3. The SMILES string of the molecule is COc1ccc(C(Cl)=NO)c2ccccc12. The zero-order valence-corrected chi connectivity index (χ0v) is 9.40. The van der Waals surface area contributed by atoms with Crippen molar-refractivity contribution in [3.63, 3.8) is 0 Å². The maximum absolute atomic E-state index is 8.70. The smallest absolute Gasteiger partial charge is 0.175 e. The lowest BCUT2D eigenvalue weighted by Crippen LogP contribution is -1.94. The van der Waals surface area contributed by atoms with Gasteiger partial charge in [0.05, 0.1) is 7.11 Å². The summed E-state index contributed by atoms with van der Waals surface area (Å²) in [6.07, 6.45) is 0. The van der Waals surface area contributed by atoms with Crippen molar-refractivity contribution in [2.24, 2.45) is 5.16 Å². The minimum Gasteiger partial charge on any atom is -0.496 e. The van der Waals surface area contributed by atoms with Gasteiger partial charge in [-0.05, 0) is 17.5 Å². The van der Waals surface area contributed by atoms with Gasteiger partial charge in [-0.15, -0.1) is 0 Å². The quantitative estimate of drug-likeness (QED) is 0.493. The molecule has 0 aliphatic carbocycles. The zero-order valence-electron chi connectivity index (χ0n) is 8.64. The van der Waals surface area contributed by atoms with Crippen LogP contribution >= 0.6 is 11.6 Å². The summed E-state index contributed by atoms with van der Waals surface area (Å²) in [5.74, 6) is 0.766. The van der Waals surface area contributed by atoms with E-state index in [-0.39, 0.29) is 5.17 Å². The molecule has 16 heavy (non-hydrogen) atoms. The normalized spacial score (nSPS) is 11.8. The highest BCUT2D eigenvalue weighted by Gasteiger charge is 2.09. The predicted octanol–water partition coefficient (Wildman–Crippen LogP) is 3.22. The topological polar surface area (TPSA) is 41.8 Å². The molecule has 0 aliphatic heterocycles. The van der Waals surface area contributed by atoms with Gasteiger partial charge < -0.3 is 9.94 Å². The molecule has 1 N–H and O–H groups in total. The molecule has 0 saturated heterocycles. The predicted molar refractivity (Wildman–Crippen MR) is 64.7 cm³/mol. The van der Waals surface area contributed by atoms with E-state index >= 15 is 0 Å². The average Bonchev–Trinajstić information content (AvgIpc) is 2.36. The Morgan fingerprint density at radius 1 is 1.19 bits per heavy atom. The van der Waals surface area contributed by atoms with Crippen LogP contribution in [0, 0.1) is 0 Å². The summed E-state index contributed by atoms with van der Waals surface area (Å²) in [6, 6.07) is 11.2. The minimum absolute atomic E-state index is 0.0684. The van der Waals surface area contributed by atoms with Crippen LogP contribution in [0.3, 0.4) is 0 Å². The van der Waals surface area contributed by atoms with E-state index in [9.17, 15) is 0 Å². The molecule has 0 bridgehead atoms. The molecule has 0 atom stereocenters. The van der Waals surface area contributed by atoms with Crippen LogP contribution in [0.15, 0.2) is 41.6 Å². The molecule has 0 heterocycles. The third-order valence-corrected chi connectivity index (χ3v) is 2.69. The van der Waals surface area contributed by atoms with Crippen molar-refractivity contribution in [1.29, 1.82) is 0 Å². The molecule has 2 rings (SSSR count). The van der Waals surface area contributed by atoms with Gasteiger partial charge >= 0.3 is 0 Å². The summed E-state index contributed by atoms with van der Waals surface area (Å²) in [6.45, 7) is 0. The van der Waals surface area contributed by atoms with E-state index in [1.54, 1.807) is 19.2 Å². The molecule has 0 aromatic heterocycles. The fourth-order valence-electron chi connectivity index (χ4n) is 1.68. The van der Waals surface area contributed by atoms with E-state index in [1.165, 1.54) is 0 Å². The molecule has 2 aromatic carbocycles. The van der Waals surface area contributed by atoms with E-state index in [0.717, 1.165) is 16.5 Å². The van der Waals surface area contributed by atoms with Gasteiger partial charge in [0, 0.05) is 10.9 Å². The van der Waals surface area contributed by atoms with Crippen LogP contribution in [0.4, 0.5) is 0 Å². The van der Waals surface area contributed by atoms with Gasteiger partial charge in [0.25, 0.3) is 0 Å². The van der Waals surface area contributed by atoms with Gasteiger partial charge in [0.2, 0.25) is 0 Å². The van der Waals surface area contributed by atoms with Crippen LogP contribution in [0.2, 0.25) is 0 Å². The number of methoxy groups -OCH3 is 1. The molecular weight excluding hydrogens is 226 g/mol. The highest BCUT2D eigenvalue weighted by Crippen LogP contribution is 2.29. The summed E-state index contributed by atoms with van der Waals surface area (Å²) in [5, 5.41) is 13.6. The van der Waals surface area contributed by atoms with Crippen molar-refractivity contribution in [3.8, 4) is 5.75 Å². The fourth-order valence-corrected chi connectivity index (χ4v) is 1.85. The molecule has 0 spiro atoms. The molecule has 2 aromatic rings. The summed E-state index contributed by atoms with van der Waals surface area (Å²) >= 11 is 5.82. The van der Waals surface area contributed by atoms with E-state index in [4.69, 9.17) is 21.5 Å². The second-order valence-electron chi connectivity index (χ2n) is 3.25. The Morgan fingerprint density at radius 2 is 1.88 bits per heavy atom. The van der Waals surface area contributed by atoms with Crippen LogP contribution in [0.1, 0.15) is 5.56 Å². The third kappa shape index (κ3) is 1.70. The van der Waals surface area contributed by atoms with Crippen LogP contribution in [0.25, 0.3) is 10.8 Å². The van der Waals surface area contributed by atoms with Gasteiger partial charge in [0.1, 0.15) is 5.75 Å². The molecule has 82 valence electrons. The molecule has 4 heteroatoms. The fraction of sp³-hybridized carbons (Fsp3) is 0.0833. The van der Waals surface area contributed by atoms with Crippen LogP contribution < -0.4 is 4.74 Å². The first-order valence-corrected chi connectivity index (χ1v) is 5.09. The summed E-state index contributed by atoms with van der Waals surface area (Å²) in [5.41, 5.74) is 0.681. The maximum atomic E-state index is 8.70. The molecule has 0 saturated carbocycles. The van der Waals surface area contributed by atoms with Gasteiger partial charge in [-0.1, -0.05) is 41.0 Å². The Hall–Kier alpha value is -1.74. The maximum Gasteiger partial charge on any atom is 0.175 e. The minimum atomic E-state index is 0.0684. The number of rotatable bonds is 2. The lowest BCUT2D eigenvalue weighted by atomic mass is 10.0. The first kappa shape index (κ1) is 10.8. The van der Waals surface area contributed by atoms with Gasteiger partial charge in [-0.2, -0.15) is 0 Å². The number of benzene rings is 2. The highest BCUT2D eigenvalue weighted by atomic mass is 35.5. The van der Waals surface area contributed by atoms with E-state index in [2.05, 4.69) is 5.16 Å². The monoisotopic (exact) mass is 235 g/mol. The van der Waals surface area contributed by atoms with Crippen LogP contribution in [-0.4, -0.2) is 17.5 Å². The highest BCUT2D eigenvalue weighted by molar-refractivity contribution is 6.70. The molecule has 0 amide bonds. The van der Waals surface area contributed by atoms with Crippen LogP contribution in [0.5, 0.6) is 5.75 Å². The van der Waals surface area contributed by atoms with Gasteiger partial charge in [-0.25, -0.2) is 0 Å². The van der Waals surface area contributed by atoms with Crippen molar-refractivity contribution in [1.82, 2.24) is 0 Å². The summed E-state index contributed by atoms with van der Waals surface area (Å²) in [4.78, 5) is 0. The van der Waals surface area contributed by atoms with Crippen molar-refractivity contribution >= 4 is 27.5 Å². The second-order valence-corrected chi connectivity index (χ2v) is 3.61. The zero-order chi connectivity index (χ0) is 11.5. The molecule has 0 radical (unpaired) electrons. The second kappa shape index (κ2) is 4.41. The van der Waals surface area contributed by atoms with Crippen LogP contribution in [-0.2, 0) is 0 Å². The first-order valence-electron chi connectivity index (χ1n) is 4.71. The Balaban J connectivity index is 2.79. The van der Waals surface area contributed by atoms with Gasteiger partial charge in [-0.3, -0.25) is 0 Å². The molecule has 0 unspecified atom stereocenters. The summed E-state index contributed by atoms with van der Waals surface area (Å²) in [7, 11) is 1.61. The largest absolute Gasteiger partial charge is 0.496 e. The number of hydrogen-bond donors (Lipinski definition) is 1. The van der Waals surface area contributed by atoms with E-state index < -0.39 is 0 Å². The van der Waals surface area contributed by atoms with Crippen molar-refractivity contribution < 1.29 is 9.94 Å². The number of oxime groups is 1. The molecule has 0 aliphatic rings. The average molecular weight is 236 g/mol. The van der Waals surface area contributed by atoms with E-state index in [0.29, 0.717) is 5.56 Å². The van der Waals surface area contributed by atoms with E-state index in [1.807, 2.05) is 24.3 Å². The Bertz CT molecular complexity index is 552. The van der Waals surface area contributed by atoms with Crippen molar-refractivity contribution in [2.75, 3.05) is 7.11 Å². The number of fused-ring (bicyclic) bond motifs is 1. The van der Waals surface area contributed by atoms with Crippen molar-refractivity contribution in [2.45, 2.75) is 0 Å². The lowest BCUT2D eigenvalue weighted by molar-refractivity contribution is 0.321. The summed E-state index contributed by atoms with van der Waals surface area (Å²) < 4.78 is 5.25. The number of hydrogen-bond acceptors (Lipinski definition) is 3. The molecule has 3 nitrogen and oxygen atoms in total. The third-order valence-electron chi connectivity index (χ3n) is 2.41. The molecule has 0 fully saturated rings. The van der Waals surface area contributed by atoms with Gasteiger partial charge in [0.15, 0.2) is 5.17 Å². The Morgan fingerprint density at radius 3 is 2.50 bits per heavy atom. The lowest BCUT2D eigenvalue weighted by Gasteiger charge is -2.08. The number of ether oxygens (including phenoxy) is 1. The number of halogens is 1.